The topological polar surface area (TPSA) is 60.2 Å². The van der Waals surface area contributed by atoms with Gasteiger partial charge in [0, 0.05) is 0 Å². The van der Waals surface area contributed by atoms with Gasteiger partial charge < -0.3 is 0 Å². The molecule has 1 aromatic carbocycles. The van der Waals surface area contributed by atoms with Crippen LogP contribution in [0.15, 0.2) is 12.1 Å². The Labute approximate surface area is 128 Å². The summed E-state index contributed by atoms with van der Waals surface area (Å²) in [4.78, 5) is 39.9. The van der Waals surface area contributed by atoms with Crippen LogP contribution in [0.4, 0.5) is 17.1 Å². The molecular weight excluding hydrogens is 282 g/mol. The number of carbonyl (C=O) groups excluding carboxylic acids is 3. The fourth-order valence-electron chi connectivity index (χ4n) is 2.67. The summed E-state index contributed by atoms with van der Waals surface area (Å²) < 4.78 is 0. The highest BCUT2D eigenvalue weighted by Crippen LogP contribution is 2.48. The summed E-state index contributed by atoms with van der Waals surface area (Å²) in [5.41, 5.74) is 3.14. The van der Waals surface area contributed by atoms with Crippen molar-refractivity contribution in [2.24, 2.45) is 0 Å². The molecule has 3 heterocycles. The van der Waals surface area contributed by atoms with Gasteiger partial charge in [-0.15, -0.1) is 0 Å². The van der Waals surface area contributed by atoms with Crippen molar-refractivity contribution in [3.8, 4) is 0 Å². The van der Waals surface area contributed by atoms with Crippen molar-refractivity contribution >= 4 is 34.8 Å². The normalized spacial score (nSPS) is 20.0. The highest BCUT2D eigenvalue weighted by atomic mass is 16.2. The molecule has 0 saturated carbocycles. The summed E-state index contributed by atoms with van der Waals surface area (Å²) in [6.45, 7) is 7.36. The summed E-state index contributed by atoms with van der Waals surface area (Å²) in [6.07, 6.45) is 0. The maximum Gasteiger partial charge on any atom is 0.247 e. The zero-order valence-corrected chi connectivity index (χ0v) is 12.8. The SMILES string of the molecule is CC(C)(C)c1cc(N2CC2=O)c(N2CC2=O)c(N2CC2=O)c1. The molecule has 3 aliphatic heterocycles. The molecule has 3 aliphatic rings. The molecule has 0 spiro atoms. The molecule has 3 saturated heterocycles. The zero-order chi connectivity index (χ0) is 15.8. The third-order valence-electron chi connectivity index (χ3n) is 4.26. The Balaban J connectivity index is 1.92. The predicted octanol–water partition coefficient (Wildman–Crippen LogP) is 1.02. The molecule has 4 rings (SSSR count). The third-order valence-corrected chi connectivity index (χ3v) is 4.26. The Morgan fingerprint density at radius 3 is 1.41 bits per heavy atom. The van der Waals surface area contributed by atoms with Crippen LogP contribution in [0.25, 0.3) is 0 Å². The van der Waals surface area contributed by atoms with Gasteiger partial charge in [0.25, 0.3) is 0 Å². The summed E-state index contributed by atoms with van der Waals surface area (Å²) in [5, 5.41) is 0. The number of benzene rings is 1. The standard InChI is InChI=1S/C16H17N3O3/c1-16(2,3)9-4-10(17-6-12(17)20)15(19-8-14(19)22)11(5-9)18-7-13(18)21/h4-5H,6-8H2,1-3H3. The number of rotatable bonds is 3. The van der Waals surface area contributed by atoms with Crippen LogP contribution in [0.5, 0.6) is 0 Å². The van der Waals surface area contributed by atoms with E-state index >= 15 is 0 Å². The molecule has 0 radical (unpaired) electrons. The number of hydrogen-bond acceptors (Lipinski definition) is 3. The Morgan fingerprint density at radius 1 is 0.773 bits per heavy atom. The van der Waals surface area contributed by atoms with Gasteiger partial charge in [0.15, 0.2) is 0 Å². The molecular formula is C16H17N3O3. The molecule has 3 fully saturated rings. The Hall–Kier alpha value is -2.37. The molecule has 0 unspecified atom stereocenters. The Kier molecular flexibility index (Phi) is 2.35. The van der Waals surface area contributed by atoms with Crippen LogP contribution < -0.4 is 14.7 Å². The lowest BCUT2D eigenvalue weighted by Crippen LogP contribution is -2.15. The minimum atomic E-state index is -0.108. The molecule has 1 aromatic rings. The second-order valence-electron chi connectivity index (χ2n) is 7.05. The number of nitrogens with zero attached hydrogens (tertiary/aromatic N) is 3. The first-order chi connectivity index (χ1) is 10.3. The van der Waals surface area contributed by atoms with Crippen LogP contribution in [0.1, 0.15) is 26.3 Å². The lowest BCUT2D eigenvalue weighted by Gasteiger charge is -2.24. The van der Waals surface area contributed by atoms with Gasteiger partial charge >= 0.3 is 0 Å². The molecule has 6 heteroatoms. The average molecular weight is 299 g/mol. The van der Waals surface area contributed by atoms with Gasteiger partial charge in [-0.3, -0.25) is 29.1 Å². The second kappa shape index (κ2) is 3.88. The Morgan fingerprint density at radius 2 is 1.14 bits per heavy atom. The first kappa shape index (κ1) is 13.3. The number of hydrogen-bond donors (Lipinski definition) is 0. The molecule has 0 aromatic heterocycles. The first-order valence-electron chi connectivity index (χ1n) is 7.37. The number of anilines is 3. The minimum absolute atomic E-state index is 0.0228. The van der Waals surface area contributed by atoms with E-state index in [4.69, 9.17) is 0 Å². The van der Waals surface area contributed by atoms with Crippen molar-refractivity contribution in [1.82, 2.24) is 0 Å². The van der Waals surface area contributed by atoms with E-state index < -0.39 is 0 Å². The van der Waals surface area contributed by atoms with Crippen LogP contribution in [0, 0.1) is 0 Å². The summed E-state index contributed by atoms with van der Waals surface area (Å²) >= 11 is 0. The van der Waals surface area contributed by atoms with Crippen LogP contribution >= 0.6 is 0 Å². The van der Waals surface area contributed by atoms with Gasteiger partial charge in [-0.05, 0) is 23.1 Å². The fraction of sp³-hybridized carbons (Fsp3) is 0.438. The molecule has 0 N–H and O–H groups in total. The molecule has 22 heavy (non-hydrogen) atoms. The quantitative estimate of drug-likeness (QED) is 0.783. The van der Waals surface area contributed by atoms with Crippen molar-refractivity contribution in [2.75, 3.05) is 34.3 Å². The van der Waals surface area contributed by atoms with Crippen LogP contribution in [-0.4, -0.2) is 37.4 Å². The van der Waals surface area contributed by atoms with Gasteiger partial charge in [0.2, 0.25) is 17.7 Å². The third kappa shape index (κ3) is 1.98. The van der Waals surface area contributed by atoms with Gasteiger partial charge in [-0.2, -0.15) is 0 Å². The van der Waals surface area contributed by atoms with E-state index in [1.807, 2.05) is 12.1 Å². The monoisotopic (exact) mass is 299 g/mol. The summed E-state index contributed by atoms with van der Waals surface area (Å²) in [5.74, 6) is 0.115. The highest BCUT2D eigenvalue weighted by molar-refractivity contribution is 6.24. The van der Waals surface area contributed by atoms with Gasteiger partial charge in [-0.1, -0.05) is 20.8 Å². The van der Waals surface area contributed by atoms with Gasteiger partial charge in [0.1, 0.15) is 19.6 Å². The summed E-state index contributed by atoms with van der Waals surface area (Å²) in [7, 11) is 0. The molecule has 0 bridgehead atoms. The molecule has 0 atom stereocenters. The van der Waals surface area contributed by atoms with E-state index in [2.05, 4.69) is 20.8 Å². The minimum Gasteiger partial charge on any atom is -0.299 e. The number of carbonyl (C=O) groups is 3. The first-order valence-corrected chi connectivity index (χ1v) is 7.37. The van der Waals surface area contributed by atoms with Gasteiger partial charge in [-0.25, -0.2) is 0 Å². The van der Waals surface area contributed by atoms with E-state index in [1.165, 1.54) is 0 Å². The Bertz CT molecular complexity index is 704. The van der Waals surface area contributed by atoms with E-state index in [1.54, 1.807) is 14.7 Å². The molecule has 6 nitrogen and oxygen atoms in total. The maximum atomic E-state index is 11.6. The van der Waals surface area contributed by atoms with Crippen LogP contribution in [0.2, 0.25) is 0 Å². The fourth-order valence-corrected chi connectivity index (χ4v) is 2.67. The number of amides is 3. The second-order valence-corrected chi connectivity index (χ2v) is 7.05. The van der Waals surface area contributed by atoms with Crippen molar-refractivity contribution in [1.29, 1.82) is 0 Å². The van der Waals surface area contributed by atoms with Crippen LogP contribution in [0.3, 0.4) is 0 Å². The van der Waals surface area contributed by atoms with E-state index in [0.29, 0.717) is 25.3 Å². The van der Waals surface area contributed by atoms with E-state index in [0.717, 1.165) is 16.9 Å². The summed E-state index contributed by atoms with van der Waals surface area (Å²) in [6, 6.07) is 3.95. The van der Waals surface area contributed by atoms with Crippen molar-refractivity contribution < 1.29 is 14.4 Å². The van der Waals surface area contributed by atoms with Crippen molar-refractivity contribution in [3.05, 3.63) is 17.7 Å². The highest BCUT2D eigenvalue weighted by Gasteiger charge is 2.45. The van der Waals surface area contributed by atoms with Gasteiger partial charge in [0.05, 0.1) is 17.1 Å². The predicted molar refractivity (Wildman–Crippen MR) is 82.2 cm³/mol. The van der Waals surface area contributed by atoms with E-state index in [-0.39, 0.29) is 23.1 Å². The largest absolute Gasteiger partial charge is 0.299 e. The average Bonchev–Trinajstić information content (AvgIpc) is 3.31. The van der Waals surface area contributed by atoms with Crippen molar-refractivity contribution in [2.45, 2.75) is 26.2 Å². The zero-order valence-electron chi connectivity index (χ0n) is 12.8. The van der Waals surface area contributed by atoms with Crippen LogP contribution in [-0.2, 0) is 19.8 Å². The smallest absolute Gasteiger partial charge is 0.247 e. The van der Waals surface area contributed by atoms with E-state index in [9.17, 15) is 14.4 Å². The molecule has 114 valence electrons. The lowest BCUT2D eigenvalue weighted by atomic mass is 9.86. The van der Waals surface area contributed by atoms with Crippen molar-refractivity contribution in [3.63, 3.8) is 0 Å². The lowest BCUT2D eigenvalue weighted by molar-refractivity contribution is -0.110. The maximum absolute atomic E-state index is 11.6. The molecule has 0 aliphatic carbocycles. The molecule has 3 amide bonds.